The number of nitrogens with zero attached hydrogens (tertiary/aromatic N) is 3. The van der Waals surface area contributed by atoms with Crippen molar-refractivity contribution in [1.82, 2.24) is 4.98 Å². The molecule has 0 aliphatic heterocycles. The highest BCUT2D eigenvalue weighted by molar-refractivity contribution is 7.92. The molecule has 1 aromatic heterocycles. The fourth-order valence-electron chi connectivity index (χ4n) is 3.22. The molecule has 2 aromatic carbocycles. The Bertz CT molecular complexity index is 1230. The third-order valence-electron chi connectivity index (χ3n) is 4.93. The van der Waals surface area contributed by atoms with Crippen molar-refractivity contribution >= 4 is 27.8 Å². The molecule has 11 heteroatoms. The van der Waals surface area contributed by atoms with Crippen LogP contribution >= 0.6 is 0 Å². The van der Waals surface area contributed by atoms with E-state index in [2.05, 4.69) is 4.98 Å². The summed E-state index contributed by atoms with van der Waals surface area (Å²) in [5, 5.41) is 0. The van der Waals surface area contributed by atoms with Crippen LogP contribution in [0.1, 0.15) is 16.8 Å². The standard InChI is InChI=1S/C23H22F3N3O4S/c1-33-21-5-3-4-17(12-21)15-29(34(2,31)32)20-9-7-19(8-10-20)28(16-30)14-18-6-11-22(27-13-18)23(24,25)26/h3-13,16H,14-15H2,1-2H3. The summed E-state index contributed by atoms with van der Waals surface area (Å²) >= 11 is 0. The van der Waals surface area contributed by atoms with E-state index in [9.17, 15) is 26.4 Å². The number of amides is 1. The number of carbonyl (C=O) groups excluding carboxylic acids is 1. The van der Waals surface area contributed by atoms with Crippen molar-refractivity contribution in [3.8, 4) is 5.75 Å². The molecule has 0 saturated heterocycles. The van der Waals surface area contributed by atoms with Gasteiger partial charge in [0, 0.05) is 11.9 Å². The van der Waals surface area contributed by atoms with Crippen LogP contribution in [0.25, 0.3) is 0 Å². The van der Waals surface area contributed by atoms with E-state index in [1.165, 1.54) is 22.4 Å². The topological polar surface area (TPSA) is 79.8 Å². The first kappa shape index (κ1) is 25.0. The van der Waals surface area contributed by atoms with Gasteiger partial charge in [0.2, 0.25) is 16.4 Å². The van der Waals surface area contributed by atoms with E-state index in [4.69, 9.17) is 4.74 Å². The Balaban J connectivity index is 1.80. The summed E-state index contributed by atoms with van der Waals surface area (Å²) in [5.74, 6) is 0.598. The summed E-state index contributed by atoms with van der Waals surface area (Å²) < 4.78 is 69.4. The number of aromatic nitrogens is 1. The Morgan fingerprint density at radius 3 is 2.18 bits per heavy atom. The van der Waals surface area contributed by atoms with Crippen molar-refractivity contribution < 1.29 is 31.1 Å². The zero-order valence-electron chi connectivity index (χ0n) is 18.4. The average Bonchev–Trinajstić information content (AvgIpc) is 2.80. The summed E-state index contributed by atoms with van der Waals surface area (Å²) in [5.41, 5.74) is 0.929. The third-order valence-corrected chi connectivity index (χ3v) is 6.07. The normalized spacial score (nSPS) is 11.7. The molecule has 1 amide bonds. The van der Waals surface area contributed by atoms with Crippen molar-refractivity contribution in [2.24, 2.45) is 0 Å². The summed E-state index contributed by atoms with van der Waals surface area (Å²) in [6.07, 6.45) is -1.85. The number of anilines is 2. The number of rotatable bonds is 9. The summed E-state index contributed by atoms with van der Waals surface area (Å²) in [6.45, 7) is 0.0670. The van der Waals surface area contributed by atoms with Gasteiger partial charge in [-0.2, -0.15) is 13.2 Å². The third kappa shape index (κ3) is 6.25. The molecular formula is C23H22F3N3O4S. The molecule has 7 nitrogen and oxygen atoms in total. The van der Waals surface area contributed by atoms with Crippen molar-refractivity contribution in [3.63, 3.8) is 0 Å². The number of hydrogen-bond donors (Lipinski definition) is 0. The van der Waals surface area contributed by atoms with E-state index >= 15 is 0 Å². The minimum atomic E-state index is -4.55. The van der Waals surface area contributed by atoms with Crippen LogP contribution < -0.4 is 13.9 Å². The van der Waals surface area contributed by atoms with Crippen LogP contribution in [0.15, 0.2) is 66.9 Å². The fraction of sp³-hybridized carbons (Fsp3) is 0.217. The second kappa shape index (κ2) is 10.1. The van der Waals surface area contributed by atoms with Crippen molar-refractivity contribution in [3.05, 3.63) is 83.7 Å². The van der Waals surface area contributed by atoms with E-state index < -0.39 is 21.9 Å². The summed E-state index contributed by atoms with van der Waals surface area (Å²) in [6, 6.07) is 15.4. The lowest BCUT2D eigenvalue weighted by molar-refractivity contribution is -0.141. The van der Waals surface area contributed by atoms with Crippen molar-refractivity contribution in [1.29, 1.82) is 0 Å². The Morgan fingerprint density at radius 2 is 1.65 bits per heavy atom. The monoisotopic (exact) mass is 493 g/mol. The van der Waals surface area contributed by atoms with Gasteiger partial charge in [-0.05, 0) is 53.6 Å². The Labute approximate surface area is 195 Å². The maximum Gasteiger partial charge on any atom is 0.433 e. The van der Waals surface area contributed by atoms with E-state index in [0.717, 1.165) is 24.1 Å². The zero-order chi connectivity index (χ0) is 24.9. The maximum atomic E-state index is 12.7. The van der Waals surface area contributed by atoms with E-state index in [1.807, 2.05) is 0 Å². The highest BCUT2D eigenvalue weighted by Crippen LogP contribution is 2.28. The molecule has 34 heavy (non-hydrogen) atoms. The van der Waals surface area contributed by atoms with Crippen LogP contribution in [0.5, 0.6) is 5.75 Å². The van der Waals surface area contributed by atoms with Crippen LogP contribution in [0.4, 0.5) is 24.5 Å². The first-order valence-electron chi connectivity index (χ1n) is 9.96. The first-order valence-corrected chi connectivity index (χ1v) is 11.8. The number of carbonyl (C=O) groups is 1. The van der Waals surface area contributed by atoms with E-state index in [-0.39, 0.29) is 13.1 Å². The molecule has 0 saturated carbocycles. The minimum absolute atomic E-state index is 0.00636. The van der Waals surface area contributed by atoms with Crippen LogP contribution in [0.3, 0.4) is 0 Å². The predicted octanol–water partition coefficient (Wildman–Crippen LogP) is 4.24. The molecule has 0 N–H and O–H groups in total. The average molecular weight is 494 g/mol. The molecule has 0 aliphatic rings. The van der Waals surface area contributed by atoms with E-state index in [1.54, 1.807) is 48.5 Å². The SMILES string of the molecule is COc1cccc(CN(c2ccc(N(C=O)Cc3ccc(C(F)(F)F)nc3)cc2)S(C)(=O)=O)c1. The molecule has 0 aliphatic carbocycles. The van der Waals surface area contributed by atoms with Gasteiger partial charge < -0.3 is 9.64 Å². The maximum absolute atomic E-state index is 12.7. The van der Waals surface area contributed by atoms with Gasteiger partial charge >= 0.3 is 6.18 Å². The number of sulfonamides is 1. The largest absolute Gasteiger partial charge is 0.497 e. The highest BCUT2D eigenvalue weighted by atomic mass is 32.2. The van der Waals surface area contributed by atoms with Crippen molar-refractivity contribution in [2.45, 2.75) is 19.3 Å². The van der Waals surface area contributed by atoms with Crippen LogP contribution in [0, 0.1) is 0 Å². The summed E-state index contributed by atoms with van der Waals surface area (Å²) in [7, 11) is -2.11. The molecule has 0 unspecified atom stereocenters. The molecule has 3 rings (SSSR count). The Morgan fingerprint density at radius 1 is 0.971 bits per heavy atom. The van der Waals surface area contributed by atoms with Crippen molar-refractivity contribution in [2.75, 3.05) is 22.6 Å². The quantitative estimate of drug-likeness (QED) is 0.417. The van der Waals surface area contributed by atoms with Gasteiger partial charge in [0.05, 0.1) is 32.1 Å². The molecule has 0 radical (unpaired) electrons. The second-order valence-corrected chi connectivity index (χ2v) is 9.33. The van der Waals surface area contributed by atoms with Gasteiger partial charge in [0.15, 0.2) is 0 Å². The van der Waals surface area contributed by atoms with Crippen LogP contribution in [0.2, 0.25) is 0 Å². The second-order valence-electron chi connectivity index (χ2n) is 7.42. The zero-order valence-corrected chi connectivity index (χ0v) is 19.2. The number of pyridine rings is 1. The lowest BCUT2D eigenvalue weighted by Gasteiger charge is -2.24. The van der Waals surface area contributed by atoms with E-state index in [0.29, 0.717) is 29.1 Å². The Kier molecular flexibility index (Phi) is 7.45. The minimum Gasteiger partial charge on any atom is -0.497 e. The molecule has 1 heterocycles. The molecule has 0 fully saturated rings. The van der Waals surface area contributed by atoms with Crippen LogP contribution in [-0.4, -0.2) is 33.2 Å². The lowest BCUT2D eigenvalue weighted by atomic mass is 10.2. The fourth-order valence-corrected chi connectivity index (χ4v) is 4.11. The number of halogens is 3. The molecule has 180 valence electrons. The molecular weight excluding hydrogens is 471 g/mol. The molecule has 0 atom stereocenters. The van der Waals surface area contributed by atoms with Gasteiger partial charge in [0.1, 0.15) is 11.4 Å². The smallest absolute Gasteiger partial charge is 0.433 e. The highest BCUT2D eigenvalue weighted by Gasteiger charge is 2.32. The molecule has 0 bridgehead atoms. The van der Waals surface area contributed by atoms with Gasteiger partial charge in [-0.15, -0.1) is 0 Å². The first-order chi connectivity index (χ1) is 16.0. The number of alkyl halides is 3. The van der Waals surface area contributed by atoms with Gasteiger partial charge in [-0.1, -0.05) is 18.2 Å². The molecule has 3 aromatic rings. The van der Waals surface area contributed by atoms with Gasteiger partial charge in [0.25, 0.3) is 0 Å². The predicted molar refractivity (Wildman–Crippen MR) is 122 cm³/mol. The number of benzene rings is 2. The number of methoxy groups -OCH3 is 1. The number of hydrogen-bond acceptors (Lipinski definition) is 5. The van der Waals surface area contributed by atoms with Gasteiger partial charge in [-0.3, -0.25) is 14.1 Å². The number of ether oxygens (including phenoxy) is 1. The summed E-state index contributed by atoms with van der Waals surface area (Å²) in [4.78, 5) is 16.3. The van der Waals surface area contributed by atoms with Crippen LogP contribution in [-0.2, 0) is 34.1 Å². The Hall–Kier alpha value is -3.60. The lowest BCUT2D eigenvalue weighted by Crippen LogP contribution is -2.29. The van der Waals surface area contributed by atoms with Gasteiger partial charge in [-0.25, -0.2) is 8.42 Å². The molecule has 0 spiro atoms.